The van der Waals surface area contributed by atoms with Gasteiger partial charge in [0, 0.05) is 4.88 Å². The minimum absolute atomic E-state index is 0.0366. The van der Waals surface area contributed by atoms with Gasteiger partial charge in [0.1, 0.15) is 0 Å². The van der Waals surface area contributed by atoms with Crippen LogP contribution in [0.25, 0.3) is 0 Å². The number of rotatable bonds is 5. The summed E-state index contributed by atoms with van der Waals surface area (Å²) in [6.07, 6.45) is 1.87. The van der Waals surface area contributed by atoms with Crippen molar-refractivity contribution in [3.05, 3.63) is 43.2 Å². The molecule has 0 bridgehead atoms. The second kappa shape index (κ2) is 5.63. The summed E-state index contributed by atoms with van der Waals surface area (Å²) in [6, 6.07) is 4.02. The van der Waals surface area contributed by atoms with Crippen LogP contribution in [0.1, 0.15) is 30.7 Å². The van der Waals surface area contributed by atoms with Gasteiger partial charge in [-0.2, -0.15) is 0 Å². The van der Waals surface area contributed by atoms with Crippen LogP contribution in [-0.4, -0.2) is 15.2 Å². The van der Waals surface area contributed by atoms with E-state index in [-0.39, 0.29) is 11.9 Å². The Kier molecular flexibility index (Phi) is 3.93. The fourth-order valence-corrected chi connectivity index (χ4v) is 2.49. The van der Waals surface area contributed by atoms with Gasteiger partial charge in [-0.15, -0.1) is 16.4 Å². The summed E-state index contributed by atoms with van der Waals surface area (Å²) in [6.45, 7) is 2.08. The van der Waals surface area contributed by atoms with Gasteiger partial charge >= 0.3 is 5.69 Å². The van der Waals surface area contributed by atoms with Gasteiger partial charge in [-0.1, -0.05) is 19.4 Å². The zero-order chi connectivity index (χ0) is 13.0. The van der Waals surface area contributed by atoms with Gasteiger partial charge in [0.2, 0.25) is 5.82 Å². The van der Waals surface area contributed by atoms with Crippen LogP contribution in [0.15, 0.2) is 27.1 Å². The molecule has 2 aromatic rings. The summed E-state index contributed by atoms with van der Waals surface area (Å²) < 4.78 is 0. The average Bonchev–Trinajstić information content (AvgIpc) is 2.85. The third-order valence-corrected chi connectivity index (χ3v) is 3.47. The Balaban J connectivity index is 2.24. The van der Waals surface area contributed by atoms with Crippen molar-refractivity contribution in [3.63, 3.8) is 0 Å². The lowest BCUT2D eigenvalue weighted by atomic mass is 10.1. The molecule has 0 saturated heterocycles. The predicted octanol–water partition coefficient (Wildman–Crippen LogP) is 1.47. The first kappa shape index (κ1) is 12.6. The normalized spacial score (nSPS) is 12.3. The van der Waals surface area contributed by atoms with Crippen LogP contribution in [0, 0.1) is 0 Å². The molecule has 0 aromatic carbocycles. The Morgan fingerprint density at radius 2 is 2.33 bits per heavy atom. The minimum atomic E-state index is -0.603. The summed E-state index contributed by atoms with van der Waals surface area (Å²) in [7, 11) is 0. The highest BCUT2D eigenvalue weighted by molar-refractivity contribution is 7.10. The molecule has 3 N–H and O–H groups in total. The number of thiophene rings is 1. The molecule has 0 spiro atoms. The molecule has 0 aliphatic heterocycles. The molecule has 0 amide bonds. The first-order valence-electron chi connectivity index (χ1n) is 5.69. The maximum absolute atomic E-state index is 11.6. The number of anilines is 1. The van der Waals surface area contributed by atoms with Crippen LogP contribution in [0.4, 0.5) is 5.82 Å². The molecule has 2 heterocycles. The zero-order valence-electron chi connectivity index (χ0n) is 9.90. The van der Waals surface area contributed by atoms with Crippen molar-refractivity contribution in [2.24, 2.45) is 0 Å². The Morgan fingerprint density at radius 1 is 1.50 bits per heavy atom. The molecule has 0 aliphatic carbocycles. The van der Waals surface area contributed by atoms with E-state index in [0.717, 1.165) is 17.7 Å². The fraction of sp³-hybridized carbons (Fsp3) is 0.364. The number of hydrogen-bond donors (Lipinski definition) is 3. The van der Waals surface area contributed by atoms with Gasteiger partial charge in [0.25, 0.3) is 5.56 Å². The Labute approximate surface area is 107 Å². The molecule has 2 aromatic heterocycles. The van der Waals surface area contributed by atoms with E-state index in [1.165, 1.54) is 0 Å². The molecule has 18 heavy (non-hydrogen) atoms. The Hall–Kier alpha value is -1.89. The lowest BCUT2D eigenvalue weighted by Crippen LogP contribution is -2.28. The summed E-state index contributed by atoms with van der Waals surface area (Å²) in [5.41, 5.74) is -1.11. The van der Waals surface area contributed by atoms with Crippen molar-refractivity contribution >= 4 is 17.2 Å². The van der Waals surface area contributed by atoms with Crippen LogP contribution in [0.2, 0.25) is 0 Å². The first-order chi connectivity index (χ1) is 8.70. The van der Waals surface area contributed by atoms with E-state index < -0.39 is 11.2 Å². The van der Waals surface area contributed by atoms with Crippen LogP contribution < -0.4 is 16.6 Å². The molecule has 0 radical (unpaired) electrons. The molecule has 0 aliphatic rings. The molecule has 6 nitrogen and oxygen atoms in total. The van der Waals surface area contributed by atoms with Crippen LogP contribution in [0.5, 0.6) is 0 Å². The highest BCUT2D eigenvalue weighted by Gasteiger charge is 2.14. The van der Waals surface area contributed by atoms with Gasteiger partial charge in [-0.25, -0.2) is 9.89 Å². The molecular formula is C11H14N4O2S. The summed E-state index contributed by atoms with van der Waals surface area (Å²) in [5, 5.41) is 11.0. The number of nitrogens with one attached hydrogen (secondary N) is 3. The van der Waals surface area contributed by atoms with Crippen molar-refractivity contribution in [1.29, 1.82) is 0 Å². The number of nitrogens with zero attached hydrogens (tertiary/aromatic N) is 1. The number of hydrogen-bond acceptors (Lipinski definition) is 5. The number of aromatic amines is 2. The standard InChI is InChI=1S/C11H14N4O2S/c1-2-4-7(8-5-3-6-18-8)12-9-10(16)13-11(17)15-14-9/h3,5-7H,2,4H2,1H3,(H,12,14)(H2,13,15,16,17). The highest BCUT2D eigenvalue weighted by Crippen LogP contribution is 2.25. The van der Waals surface area contributed by atoms with E-state index in [1.54, 1.807) is 11.3 Å². The maximum Gasteiger partial charge on any atom is 0.342 e. The Morgan fingerprint density at radius 3 is 2.94 bits per heavy atom. The van der Waals surface area contributed by atoms with Gasteiger partial charge < -0.3 is 5.32 Å². The predicted molar refractivity (Wildman–Crippen MR) is 71.1 cm³/mol. The summed E-state index contributed by atoms with van der Waals surface area (Å²) >= 11 is 1.62. The second-order valence-electron chi connectivity index (χ2n) is 3.86. The quantitative estimate of drug-likeness (QED) is 0.764. The first-order valence-corrected chi connectivity index (χ1v) is 6.57. The van der Waals surface area contributed by atoms with Gasteiger partial charge in [-0.05, 0) is 17.9 Å². The SMILES string of the molecule is CCCC(Nc1n[nH]c(=O)[nH]c1=O)c1cccs1. The van der Waals surface area contributed by atoms with Crippen molar-refractivity contribution < 1.29 is 0 Å². The molecule has 1 atom stereocenters. The van der Waals surface area contributed by atoms with E-state index in [1.807, 2.05) is 17.5 Å². The average molecular weight is 266 g/mol. The van der Waals surface area contributed by atoms with E-state index >= 15 is 0 Å². The number of H-pyrrole nitrogens is 2. The fourth-order valence-electron chi connectivity index (χ4n) is 1.67. The molecule has 96 valence electrons. The van der Waals surface area contributed by atoms with Crippen molar-refractivity contribution in [3.8, 4) is 0 Å². The summed E-state index contributed by atoms with van der Waals surface area (Å²) in [4.78, 5) is 25.7. The lowest BCUT2D eigenvalue weighted by Gasteiger charge is -2.16. The highest BCUT2D eigenvalue weighted by atomic mass is 32.1. The third-order valence-electron chi connectivity index (χ3n) is 2.49. The molecule has 0 saturated carbocycles. The minimum Gasteiger partial charge on any atom is -0.356 e. The second-order valence-corrected chi connectivity index (χ2v) is 4.84. The van der Waals surface area contributed by atoms with Gasteiger partial charge in [0.15, 0.2) is 0 Å². The van der Waals surface area contributed by atoms with E-state index in [9.17, 15) is 9.59 Å². The summed E-state index contributed by atoms with van der Waals surface area (Å²) in [5.74, 6) is 0.140. The largest absolute Gasteiger partial charge is 0.356 e. The van der Waals surface area contributed by atoms with Crippen LogP contribution in [0.3, 0.4) is 0 Å². The smallest absolute Gasteiger partial charge is 0.342 e. The van der Waals surface area contributed by atoms with Gasteiger partial charge in [0.05, 0.1) is 6.04 Å². The van der Waals surface area contributed by atoms with E-state index in [2.05, 4.69) is 27.4 Å². The van der Waals surface area contributed by atoms with E-state index in [4.69, 9.17) is 0 Å². The van der Waals surface area contributed by atoms with Crippen LogP contribution >= 0.6 is 11.3 Å². The monoisotopic (exact) mass is 266 g/mol. The lowest BCUT2D eigenvalue weighted by molar-refractivity contribution is 0.678. The third kappa shape index (κ3) is 2.86. The molecule has 1 unspecified atom stereocenters. The maximum atomic E-state index is 11.6. The number of aromatic nitrogens is 3. The molecule has 2 rings (SSSR count). The molecule has 0 fully saturated rings. The zero-order valence-corrected chi connectivity index (χ0v) is 10.7. The van der Waals surface area contributed by atoms with Crippen molar-refractivity contribution in [1.82, 2.24) is 15.2 Å². The van der Waals surface area contributed by atoms with Crippen molar-refractivity contribution in [2.45, 2.75) is 25.8 Å². The van der Waals surface area contributed by atoms with Crippen LogP contribution in [-0.2, 0) is 0 Å². The topological polar surface area (TPSA) is 90.6 Å². The molecule has 7 heteroatoms. The van der Waals surface area contributed by atoms with Gasteiger partial charge in [-0.3, -0.25) is 9.78 Å². The Bertz CT molecular complexity index is 602. The van der Waals surface area contributed by atoms with E-state index in [0.29, 0.717) is 0 Å². The van der Waals surface area contributed by atoms with Crippen molar-refractivity contribution in [2.75, 3.05) is 5.32 Å². The molecular weight excluding hydrogens is 252 g/mol.